The van der Waals surface area contributed by atoms with Crippen LogP contribution in [-0.4, -0.2) is 36.0 Å². The average molecular weight is 347 g/mol. The molecule has 2 rings (SSSR count). The second-order valence-corrected chi connectivity index (χ2v) is 5.62. The average Bonchev–Trinajstić information content (AvgIpc) is 2.27. The van der Waals surface area contributed by atoms with E-state index in [9.17, 15) is 9.59 Å². The molecule has 1 aliphatic rings. The standard InChI is InChI=1S/C12H13BrClN3O2/c1-7(18)15-9-5-17(6-9)12(19)16-8-2-3-10(13)11(14)4-8/h2-4,9H,5-6H2,1H3,(H,15,18)(H,16,19). The molecular formula is C12H13BrClN3O2. The van der Waals surface area contributed by atoms with Crippen molar-refractivity contribution in [2.75, 3.05) is 18.4 Å². The molecule has 1 aromatic carbocycles. The van der Waals surface area contributed by atoms with E-state index < -0.39 is 0 Å². The van der Waals surface area contributed by atoms with Crippen LogP contribution in [-0.2, 0) is 4.79 Å². The minimum absolute atomic E-state index is 0.0526. The van der Waals surface area contributed by atoms with Crippen molar-refractivity contribution in [3.05, 3.63) is 27.7 Å². The van der Waals surface area contributed by atoms with Crippen LogP contribution in [0.3, 0.4) is 0 Å². The van der Waals surface area contributed by atoms with Gasteiger partial charge < -0.3 is 15.5 Å². The second kappa shape index (κ2) is 5.79. The summed E-state index contributed by atoms with van der Waals surface area (Å²) in [6.45, 7) is 2.51. The Kier molecular flexibility index (Phi) is 4.31. The van der Waals surface area contributed by atoms with Crippen LogP contribution in [0.5, 0.6) is 0 Å². The predicted molar refractivity (Wildman–Crippen MR) is 77.3 cm³/mol. The van der Waals surface area contributed by atoms with Crippen LogP contribution in [0.4, 0.5) is 10.5 Å². The number of amides is 3. The number of nitrogens with zero attached hydrogens (tertiary/aromatic N) is 1. The molecule has 1 aliphatic heterocycles. The molecule has 1 aromatic rings. The Labute approximate surface area is 124 Å². The number of hydrogen-bond donors (Lipinski definition) is 2. The summed E-state index contributed by atoms with van der Waals surface area (Å²) in [6.07, 6.45) is 0. The smallest absolute Gasteiger partial charge is 0.321 e. The molecule has 0 bridgehead atoms. The van der Waals surface area contributed by atoms with Crippen molar-refractivity contribution in [3.8, 4) is 0 Å². The molecule has 102 valence electrons. The van der Waals surface area contributed by atoms with Gasteiger partial charge in [0.15, 0.2) is 0 Å². The van der Waals surface area contributed by atoms with E-state index in [2.05, 4.69) is 26.6 Å². The molecule has 1 heterocycles. The number of urea groups is 1. The van der Waals surface area contributed by atoms with Crippen molar-refractivity contribution in [2.45, 2.75) is 13.0 Å². The SMILES string of the molecule is CC(=O)NC1CN(C(=O)Nc2ccc(Br)c(Cl)c2)C1. The van der Waals surface area contributed by atoms with Gasteiger partial charge in [-0.15, -0.1) is 0 Å². The molecule has 7 heteroatoms. The zero-order valence-electron chi connectivity index (χ0n) is 10.2. The lowest BCUT2D eigenvalue weighted by Crippen LogP contribution is -2.61. The van der Waals surface area contributed by atoms with E-state index in [4.69, 9.17) is 11.6 Å². The molecule has 2 N–H and O–H groups in total. The number of carbonyl (C=O) groups is 2. The molecule has 0 atom stereocenters. The van der Waals surface area contributed by atoms with Crippen LogP contribution in [0.1, 0.15) is 6.92 Å². The number of benzene rings is 1. The summed E-state index contributed by atoms with van der Waals surface area (Å²) in [5.41, 5.74) is 0.640. The minimum atomic E-state index is -0.194. The van der Waals surface area contributed by atoms with Gasteiger partial charge in [-0.1, -0.05) is 11.6 Å². The zero-order chi connectivity index (χ0) is 14.0. The van der Waals surface area contributed by atoms with Crippen LogP contribution in [0, 0.1) is 0 Å². The highest BCUT2D eigenvalue weighted by Crippen LogP contribution is 2.25. The number of carbonyl (C=O) groups excluding carboxylic acids is 2. The molecule has 19 heavy (non-hydrogen) atoms. The van der Waals surface area contributed by atoms with E-state index in [1.807, 2.05) is 0 Å². The van der Waals surface area contributed by atoms with Crippen molar-refractivity contribution in [1.29, 1.82) is 0 Å². The number of rotatable bonds is 2. The van der Waals surface area contributed by atoms with Crippen molar-refractivity contribution in [3.63, 3.8) is 0 Å². The fourth-order valence-corrected chi connectivity index (χ4v) is 2.23. The van der Waals surface area contributed by atoms with Gasteiger partial charge in [0.1, 0.15) is 0 Å². The fraction of sp³-hybridized carbons (Fsp3) is 0.333. The predicted octanol–water partition coefficient (Wildman–Crippen LogP) is 2.45. The highest BCUT2D eigenvalue weighted by atomic mass is 79.9. The molecule has 0 unspecified atom stereocenters. The first kappa shape index (κ1) is 14.1. The van der Waals surface area contributed by atoms with E-state index in [0.29, 0.717) is 23.8 Å². The monoisotopic (exact) mass is 345 g/mol. The van der Waals surface area contributed by atoms with Gasteiger partial charge in [0.25, 0.3) is 0 Å². The van der Waals surface area contributed by atoms with E-state index >= 15 is 0 Å². The van der Waals surface area contributed by atoms with E-state index in [-0.39, 0.29) is 18.0 Å². The quantitative estimate of drug-likeness (QED) is 0.864. The van der Waals surface area contributed by atoms with Gasteiger partial charge in [0.2, 0.25) is 5.91 Å². The Bertz CT molecular complexity index is 518. The number of halogens is 2. The summed E-state index contributed by atoms with van der Waals surface area (Å²) in [6, 6.07) is 5.07. The van der Waals surface area contributed by atoms with Crippen LogP contribution in [0.2, 0.25) is 5.02 Å². The number of nitrogens with one attached hydrogen (secondary N) is 2. The largest absolute Gasteiger partial charge is 0.350 e. The first-order valence-electron chi connectivity index (χ1n) is 5.74. The maximum atomic E-state index is 11.9. The third-order valence-corrected chi connectivity index (χ3v) is 3.98. The van der Waals surface area contributed by atoms with Crippen LogP contribution in [0.15, 0.2) is 22.7 Å². The third kappa shape index (κ3) is 3.61. The molecule has 1 fully saturated rings. The lowest BCUT2D eigenvalue weighted by Gasteiger charge is -2.39. The highest BCUT2D eigenvalue weighted by molar-refractivity contribution is 9.10. The Balaban J connectivity index is 1.85. The van der Waals surface area contributed by atoms with Crippen molar-refractivity contribution in [1.82, 2.24) is 10.2 Å². The molecule has 0 saturated carbocycles. The lowest BCUT2D eigenvalue weighted by atomic mass is 10.1. The highest BCUT2D eigenvalue weighted by Gasteiger charge is 2.31. The van der Waals surface area contributed by atoms with Gasteiger partial charge in [-0.2, -0.15) is 0 Å². The van der Waals surface area contributed by atoms with Gasteiger partial charge in [-0.05, 0) is 34.1 Å². The summed E-state index contributed by atoms with van der Waals surface area (Å²) >= 11 is 9.23. The normalized spacial score (nSPS) is 14.8. The Morgan fingerprint density at radius 1 is 1.42 bits per heavy atom. The molecule has 0 aliphatic carbocycles. The second-order valence-electron chi connectivity index (χ2n) is 4.36. The van der Waals surface area contributed by atoms with Gasteiger partial charge in [0.05, 0.1) is 11.1 Å². The molecule has 3 amide bonds. The fourth-order valence-electron chi connectivity index (χ4n) is 1.80. The van der Waals surface area contributed by atoms with E-state index in [1.54, 1.807) is 23.1 Å². The van der Waals surface area contributed by atoms with Crippen LogP contribution in [0.25, 0.3) is 0 Å². The Hall–Kier alpha value is -1.27. The molecule has 0 radical (unpaired) electrons. The summed E-state index contributed by atoms with van der Waals surface area (Å²) < 4.78 is 0.779. The molecule has 0 spiro atoms. The number of anilines is 1. The van der Waals surface area contributed by atoms with E-state index in [0.717, 1.165) is 4.47 Å². The maximum absolute atomic E-state index is 11.9. The third-order valence-electron chi connectivity index (χ3n) is 2.75. The number of likely N-dealkylation sites (tertiary alicyclic amines) is 1. The van der Waals surface area contributed by atoms with Gasteiger partial charge in [-0.3, -0.25) is 4.79 Å². The lowest BCUT2D eigenvalue weighted by molar-refractivity contribution is -0.120. The first-order chi connectivity index (χ1) is 8.95. The summed E-state index contributed by atoms with van der Waals surface area (Å²) in [5.74, 6) is -0.0789. The van der Waals surface area contributed by atoms with Crippen molar-refractivity contribution in [2.24, 2.45) is 0 Å². The number of hydrogen-bond acceptors (Lipinski definition) is 2. The Morgan fingerprint density at radius 2 is 2.11 bits per heavy atom. The zero-order valence-corrected chi connectivity index (χ0v) is 12.6. The molecule has 1 saturated heterocycles. The van der Waals surface area contributed by atoms with Crippen molar-refractivity contribution < 1.29 is 9.59 Å². The molecule has 0 aromatic heterocycles. The molecule has 5 nitrogen and oxygen atoms in total. The molecular weight excluding hydrogens is 334 g/mol. The topological polar surface area (TPSA) is 61.4 Å². The Morgan fingerprint density at radius 3 is 2.68 bits per heavy atom. The van der Waals surface area contributed by atoms with Crippen molar-refractivity contribution >= 4 is 45.2 Å². The van der Waals surface area contributed by atoms with Gasteiger partial charge in [0, 0.05) is 30.2 Å². The van der Waals surface area contributed by atoms with Gasteiger partial charge >= 0.3 is 6.03 Å². The first-order valence-corrected chi connectivity index (χ1v) is 6.91. The van der Waals surface area contributed by atoms with Crippen LogP contribution >= 0.6 is 27.5 Å². The van der Waals surface area contributed by atoms with E-state index in [1.165, 1.54) is 6.92 Å². The minimum Gasteiger partial charge on any atom is -0.350 e. The van der Waals surface area contributed by atoms with Crippen LogP contribution < -0.4 is 10.6 Å². The summed E-state index contributed by atoms with van der Waals surface area (Å²) in [5, 5.41) is 6.05. The maximum Gasteiger partial charge on any atom is 0.321 e. The summed E-state index contributed by atoms with van der Waals surface area (Å²) in [4.78, 5) is 24.3. The summed E-state index contributed by atoms with van der Waals surface area (Å²) in [7, 11) is 0. The van der Waals surface area contributed by atoms with Gasteiger partial charge in [-0.25, -0.2) is 4.79 Å².